The minimum Gasteiger partial charge on any atom is 1.00 e. The molecule has 0 unspecified atom stereocenters. The Kier molecular flexibility index (Phi) is 7.36. The summed E-state index contributed by atoms with van der Waals surface area (Å²) in [5.41, 5.74) is 0. The molecule has 0 bridgehead atoms. The van der Waals surface area contributed by atoms with Gasteiger partial charge in [0.2, 0.25) is 0 Å². The molecule has 0 radical (unpaired) electrons. The van der Waals surface area contributed by atoms with Gasteiger partial charge in [-0.3, -0.25) is 0 Å². The second kappa shape index (κ2) is 4.02. The van der Waals surface area contributed by atoms with Crippen molar-refractivity contribution < 1.29 is 82.8 Å². The SMILES string of the molecule is [F][Au-]([F])([F])[F].[K+]. The van der Waals surface area contributed by atoms with Crippen LogP contribution in [0.15, 0.2) is 0 Å². The van der Waals surface area contributed by atoms with Crippen LogP contribution in [-0.4, -0.2) is 0 Å². The quantitative estimate of drug-likeness (QED) is 0.385. The molecule has 0 aliphatic carbocycles. The normalized spacial score (nSPS) is 12.7. The summed E-state index contributed by atoms with van der Waals surface area (Å²) >= 11 is -6.89. The van der Waals surface area contributed by atoms with Crippen molar-refractivity contribution in [3.63, 3.8) is 0 Å². The maximum absolute atomic E-state index is 9.86. The predicted octanol–water partition coefficient (Wildman–Crippen LogP) is -1.32. The van der Waals surface area contributed by atoms with Crippen molar-refractivity contribution in [2.75, 3.05) is 0 Å². The Balaban J connectivity index is 0. The Morgan fingerprint density at radius 1 is 0.833 bits per heavy atom. The van der Waals surface area contributed by atoms with Gasteiger partial charge in [0, 0.05) is 0 Å². The van der Waals surface area contributed by atoms with E-state index in [-0.39, 0.29) is 51.4 Å². The third-order valence-corrected chi connectivity index (χ3v) is 0. The average molecular weight is 312 g/mol. The molecule has 0 N–H and O–H groups in total. The van der Waals surface area contributed by atoms with Crippen LogP contribution in [0.2, 0.25) is 0 Å². The molecule has 0 nitrogen and oxygen atoms in total. The van der Waals surface area contributed by atoms with E-state index in [0.717, 1.165) is 0 Å². The van der Waals surface area contributed by atoms with Crippen molar-refractivity contribution in [2.45, 2.75) is 0 Å². The Bertz CT molecular complexity index is 23.0. The third kappa shape index (κ3) is 36.0. The van der Waals surface area contributed by atoms with Gasteiger partial charge in [-0.05, 0) is 0 Å². The van der Waals surface area contributed by atoms with Crippen molar-refractivity contribution in [1.82, 2.24) is 0 Å². The van der Waals surface area contributed by atoms with Gasteiger partial charge in [-0.15, -0.1) is 0 Å². The van der Waals surface area contributed by atoms with Crippen molar-refractivity contribution in [2.24, 2.45) is 0 Å². The van der Waals surface area contributed by atoms with Crippen molar-refractivity contribution in [3.05, 3.63) is 0 Å². The van der Waals surface area contributed by atoms with E-state index in [9.17, 15) is 12.1 Å². The van der Waals surface area contributed by atoms with Gasteiger partial charge in [-0.1, -0.05) is 0 Å². The fraction of sp³-hybridized carbons (Fsp3) is 0. The third-order valence-electron chi connectivity index (χ3n) is 0. The van der Waals surface area contributed by atoms with Crippen LogP contribution in [0.5, 0.6) is 0 Å². The summed E-state index contributed by atoms with van der Waals surface area (Å²) in [5, 5.41) is 0. The van der Waals surface area contributed by atoms with Crippen LogP contribution in [-0.2, 0) is 19.3 Å². The Hall–Kier alpha value is 2.10. The first kappa shape index (κ1) is 11.0. The molecule has 0 aliphatic heterocycles. The molecule has 0 saturated heterocycles. The fourth-order valence-corrected chi connectivity index (χ4v) is 0. The summed E-state index contributed by atoms with van der Waals surface area (Å²) in [7, 11) is 0. The molecule has 0 heterocycles. The molecule has 0 spiro atoms. The molecule has 0 fully saturated rings. The van der Waals surface area contributed by atoms with Crippen LogP contribution in [0.4, 0.5) is 12.1 Å². The van der Waals surface area contributed by atoms with E-state index < -0.39 is 19.3 Å². The number of rotatable bonds is 0. The molecular weight excluding hydrogens is 312 g/mol. The molecule has 0 aromatic rings. The summed E-state index contributed by atoms with van der Waals surface area (Å²) in [5.74, 6) is 0. The standard InChI is InChI=1S/Au.4FH.K/h;4*1H;/q+3;;;;;+1/p-4. The topological polar surface area (TPSA) is 0 Å². The van der Waals surface area contributed by atoms with Crippen LogP contribution in [0.3, 0.4) is 0 Å². The largest absolute Gasteiger partial charge is 1.00 e. The van der Waals surface area contributed by atoms with Crippen LogP contribution < -0.4 is 51.4 Å². The van der Waals surface area contributed by atoms with Crippen LogP contribution >= 0.6 is 0 Å². The molecule has 0 rings (SSSR count). The number of hydrogen-bond acceptors (Lipinski definition) is 0. The summed E-state index contributed by atoms with van der Waals surface area (Å²) < 4.78 is 39.4. The van der Waals surface area contributed by atoms with Gasteiger partial charge in [0.1, 0.15) is 0 Å². The van der Waals surface area contributed by atoms with Crippen LogP contribution in [0, 0.1) is 0 Å². The summed E-state index contributed by atoms with van der Waals surface area (Å²) in [4.78, 5) is 0. The van der Waals surface area contributed by atoms with Crippen molar-refractivity contribution in [3.8, 4) is 0 Å². The fourth-order valence-electron chi connectivity index (χ4n) is 0. The van der Waals surface area contributed by atoms with Gasteiger partial charge in [-0.25, -0.2) is 0 Å². The molecule has 6 heavy (non-hydrogen) atoms. The molecule has 6 heteroatoms. The van der Waals surface area contributed by atoms with Gasteiger partial charge in [0.05, 0.1) is 0 Å². The molecule has 0 aromatic heterocycles. The zero-order valence-electron chi connectivity index (χ0n) is 2.81. The maximum atomic E-state index is 9.86. The second-order valence-corrected chi connectivity index (χ2v) is 2.12. The van der Waals surface area contributed by atoms with E-state index >= 15 is 0 Å². The molecule has 0 amide bonds. The molecular formula is AuF4K. The van der Waals surface area contributed by atoms with Gasteiger partial charge in [-0.2, -0.15) is 0 Å². The number of halogens is 4. The average Bonchev–Trinajstić information content (AvgIpc) is 0.722. The second-order valence-electron chi connectivity index (χ2n) is 0.258. The zero-order chi connectivity index (χ0) is 4.50. The van der Waals surface area contributed by atoms with E-state index in [4.69, 9.17) is 0 Å². The zero-order valence-corrected chi connectivity index (χ0v) is 8.10. The molecule has 0 aromatic carbocycles. The smallest absolute Gasteiger partial charge is 1.00 e. The van der Waals surface area contributed by atoms with Crippen molar-refractivity contribution in [1.29, 1.82) is 0 Å². The van der Waals surface area contributed by atoms with Gasteiger partial charge in [0.25, 0.3) is 0 Å². The molecule has 0 atom stereocenters. The Labute approximate surface area is 81.1 Å². The summed E-state index contributed by atoms with van der Waals surface area (Å²) in [6.07, 6.45) is 0. The maximum Gasteiger partial charge on any atom is 1.00 e. The predicted molar refractivity (Wildman–Crippen MR) is 4.43 cm³/mol. The van der Waals surface area contributed by atoms with E-state index in [1.165, 1.54) is 0 Å². The summed E-state index contributed by atoms with van der Waals surface area (Å²) in [6.45, 7) is 0. The monoisotopic (exact) mass is 312 g/mol. The Morgan fingerprint density at radius 2 is 0.833 bits per heavy atom. The molecule has 40 valence electrons. The Morgan fingerprint density at radius 3 is 0.833 bits per heavy atom. The van der Waals surface area contributed by atoms with Gasteiger partial charge >= 0.3 is 82.8 Å². The van der Waals surface area contributed by atoms with E-state index in [0.29, 0.717) is 0 Å². The van der Waals surface area contributed by atoms with Gasteiger partial charge < -0.3 is 0 Å². The van der Waals surface area contributed by atoms with Crippen molar-refractivity contribution >= 4 is 0 Å². The number of hydrogen-bond donors (Lipinski definition) is 0. The molecule has 0 aliphatic rings. The summed E-state index contributed by atoms with van der Waals surface area (Å²) in [6, 6.07) is 0. The van der Waals surface area contributed by atoms with E-state index in [1.807, 2.05) is 0 Å². The minimum absolute atomic E-state index is 0. The first-order valence-electron chi connectivity index (χ1n) is 0.456. The first-order valence-corrected chi connectivity index (χ1v) is 3.73. The first-order chi connectivity index (χ1) is 2.00. The van der Waals surface area contributed by atoms with Crippen LogP contribution in [0.1, 0.15) is 0 Å². The van der Waals surface area contributed by atoms with E-state index in [1.54, 1.807) is 0 Å². The van der Waals surface area contributed by atoms with Gasteiger partial charge in [0.15, 0.2) is 0 Å². The minimum atomic E-state index is -6.89. The van der Waals surface area contributed by atoms with E-state index in [2.05, 4.69) is 0 Å². The molecule has 0 saturated carbocycles. The van der Waals surface area contributed by atoms with Crippen LogP contribution in [0.25, 0.3) is 0 Å².